The standard InChI is InChI=1S/C15H13Cl2OP/c1-15(2)13-6-4-3-5-11(13)12-8-7-10(9-14(12)15)19(16,17)18/h3-9H,1-2H3. The van der Waals surface area contributed by atoms with Crippen LogP contribution in [0.4, 0.5) is 0 Å². The first kappa shape index (κ1) is 13.2. The lowest BCUT2D eigenvalue weighted by molar-refractivity contribution is 0.597. The Balaban J connectivity index is 2.30. The average Bonchev–Trinajstić information content (AvgIpc) is 2.58. The van der Waals surface area contributed by atoms with E-state index in [0.717, 1.165) is 5.56 Å². The molecule has 19 heavy (non-hydrogen) atoms. The Hall–Kier alpha value is -0.750. The molecule has 0 unspecified atom stereocenters. The summed E-state index contributed by atoms with van der Waals surface area (Å²) < 4.78 is 11.8. The first-order chi connectivity index (χ1) is 8.82. The van der Waals surface area contributed by atoms with Crippen LogP contribution in [0, 0.1) is 0 Å². The molecular weight excluding hydrogens is 298 g/mol. The average molecular weight is 311 g/mol. The van der Waals surface area contributed by atoms with Gasteiger partial charge < -0.3 is 0 Å². The molecule has 0 N–H and O–H groups in total. The highest BCUT2D eigenvalue weighted by atomic mass is 35.9. The number of benzene rings is 2. The monoisotopic (exact) mass is 310 g/mol. The van der Waals surface area contributed by atoms with Crippen molar-refractivity contribution in [3.8, 4) is 11.1 Å². The van der Waals surface area contributed by atoms with Gasteiger partial charge in [0.1, 0.15) is 0 Å². The van der Waals surface area contributed by atoms with Crippen molar-refractivity contribution in [2.24, 2.45) is 0 Å². The van der Waals surface area contributed by atoms with Crippen LogP contribution in [0.25, 0.3) is 11.1 Å². The minimum atomic E-state index is -3.26. The molecule has 0 amide bonds. The summed E-state index contributed by atoms with van der Waals surface area (Å²) in [6, 6.07) is 13.9. The molecular formula is C15H13Cl2OP. The largest absolute Gasteiger partial charge is 0.284 e. The van der Waals surface area contributed by atoms with E-state index in [9.17, 15) is 4.57 Å². The van der Waals surface area contributed by atoms with Crippen LogP contribution in [-0.4, -0.2) is 0 Å². The Morgan fingerprint density at radius 3 is 2.26 bits per heavy atom. The van der Waals surface area contributed by atoms with Crippen molar-refractivity contribution < 1.29 is 4.57 Å². The van der Waals surface area contributed by atoms with Crippen molar-refractivity contribution in [1.29, 1.82) is 0 Å². The quantitative estimate of drug-likeness (QED) is 0.654. The lowest BCUT2D eigenvalue weighted by Gasteiger charge is -2.21. The minimum Gasteiger partial charge on any atom is -0.284 e. The van der Waals surface area contributed by atoms with Crippen molar-refractivity contribution in [1.82, 2.24) is 0 Å². The number of rotatable bonds is 1. The SMILES string of the molecule is CC1(C)c2ccccc2-c2ccc(P(=O)(Cl)Cl)cc21. The van der Waals surface area contributed by atoms with Gasteiger partial charge in [-0.25, -0.2) is 0 Å². The normalized spacial score (nSPS) is 16.0. The summed E-state index contributed by atoms with van der Waals surface area (Å²) in [5.74, 6) is -3.26. The van der Waals surface area contributed by atoms with Crippen molar-refractivity contribution in [2.45, 2.75) is 19.3 Å². The van der Waals surface area contributed by atoms with Crippen LogP contribution in [0.15, 0.2) is 42.5 Å². The molecule has 1 aliphatic carbocycles. The van der Waals surface area contributed by atoms with Gasteiger partial charge in [-0.2, -0.15) is 0 Å². The summed E-state index contributed by atoms with van der Waals surface area (Å²) >= 11 is 11.6. The van der Waals surface area contributed by atoms with Gasteiger partial charge in [-0.3, -0.25) is 4.57 Å². The van der Waals surface area contributed by atoms with Crippen LogP contribution in [-0.2, 0) is 9.98 Å². The molecule has 98 valence electrons. The number of hydrogen-bond donors (Lipinski definition) is 0. The Morgan fingerprint density at radius 1 is 0.947 bits per heavy atom. The van der Waals surface area contributed by atoms with E-state index in [1.807, 2.05) is 24.3 Å². The van der Waals surface area contributed by atoms with Crippen LogP contribution in [0.5, 0.6) is 0 Å². The summed E-state index contributed by atoms with van der Waals surface area (Å²) in [5, 5.41) is 0.510. The zero-order valence-corrected chi connectivity index (χ0v) is 13.1. The second-order valence-corrected chi connectivity index (χ2v) is 10.2. The summed E-state index contributed by atoms with van der Waals surface area (Å²) in [5.41, 5.74) is 4.69. The topological polar surface area (TPSA) is 17.1 Å². The molecule has 1 nitrogen and oxygen atoms in total. The maximum absolute atomic E-state index is 11.8. The van der Waals surface area contributed by atoms with Crippen LogP contribution < -0.4 is 5.30 Å². The lowest BCUT2D eigenvalue weighted by atomic mass is 9.82. The summed E-state index contributed by atoms with van der Waals surface area (Å²) in [7, 11) is 0. The van der Waals surface area contributed by atoms with Gasteiger partial charge in [0.05, 0.1) is 0 Å². The molecule has 0 radical (unpaired) electrons. The lowest BCUT2D eigenvalue weighted by Crippen LogP contribution is -2.16. The number of fused-ring (bicyclic) bond motifs is 3. The molecule has 2 aromatic rings. The second kappa shape index (κ2) is 4.12. The maximum atomic E-state index is 11.8. The van der Waals surface area contributed by atoms with Crippen LogP contribution in [0.2, 0.25) is 0 Å². The van der Waals surface area contributed by atoms with Gasteiger partial charge >= 0.3 is 0 Å². The third-order valence-electron chi connectivity index (χ3n) is 3.87. The molecule has 1 aliphatic rings. The molecule has 0 saturated heterocycles. The van der Waals surface area contributed by atoms with Crippen molar-refractivity contribution >= 4 is 33.6 Å². The van der Waals surface area contributed by atoms with E-state index in [0.29, 0.717) is 5.30 Å². The molecule has 2 aromatic carbocycles. The van der Waals surface area contributed by atoms with Crippen molar-refractivity contribution in [3.05, 3.63) is 53.6 Å². The maximum Gasteiger partial charge on any atom is 0.281 e. The Morgan fingerprint density at radius 2 is 1.58 bits per heavy atom. The predicted molar refractivity (Wildman–Crippen MR) is 83.0 cm³/mol. The third kappa shape index (κ3) is 1.96. The van der Waals surface area contributed by atoms with Crippen molar-refractivity contribution in [2.75, 3.05) is 0 Å². The summed E-state index contributed by atoms with van der Waals surface area (Å²) in [6.45, 7) is 4.32. The van der Waals surface area contributed by atoms with Gasteiger partial charge in [-0.15, -0.1) is 0 Å². The van der Waals surface area contributed by atoms with Crippen LogP contribution in [0.1, 0.15) is 25.0 Å². The fourth-order valence-electron chi connectivity index (χ4n) is 2.85. The molecule has 0 bridgehead atoms. The first-order valence-corrected chi connectivity index (χ1v) is 9.58. The molecule has 0 heterocycles. The fourth-order valence-corrected chi connectivity index (χ4v) is 4.01. The van der Waals surface area contributed by atoms with Crippen molar-refractivity contribution in [3.63, 3.8) is 0 Å². The highest BCUT2D eigenvalue weighted by Gasteiger charge is 2.36. The molecule has 0 fully saturated rings. The molecule has 3 rings (SSSR count). The van der Waals surface area contributed by atoms with Gasteiger partial charge in [-0.1, -0.05) is 44.2 Å². The first-order valence-electron chi connectivity index (χ1n) is 6.06. The van der Waals surface area contributed by atoms with Gasteiger partial charge in [0.25, 0.3) is 5.85 Å². The van der Waals surface area contributed by atoms with E-state index in [2.05, 4.69) is 26.0 Å². The molecule has 4 heteroatoms. The second-order valence-electron chi connectivity index (χ2n) is 5.36. The molecule has 0 atom stereocenters. The van der Waals surface area contributed by atoms with Gasteiger partial charge in [0.15, 0.2) is 0 Å². The third-order valence-corrected chi connectivity index (χ3v) is 5.92. The van der Waals surface area contributed by atoms with Gasteiger partial charge in [0, 0.05) is 10.7 Å². The molecule has 0 aliphatic heterocycles. The molecule has 0 saturated carbocycles. The highest BCUT2D eigenvalue weighted by Crippen LogP contribution is 2.57. The smallest absolute Gasteiger partial charge is 0.281 e. The van der Waals surface area contributed by atoms with E-state index in [-0.39, 0.29) is 5.41 Å². The van der Waals surface area contributed by atoms with Crippen LogP contribution in [0.3, 0.4) is 0 Å². The fraction of sp³-hybridized carbons (Fsp3) is 0.200. The van der Waals surface area contributed by atoms with E-state index < -0.39 is 5.85 Å². The Bertz CT molecular complexity index is 716. The number of hydrogen-bond acceptors (Lipinski definition) is 1. The van der Waals surface area contributed by atoms with Crippen LogP contribution >= 0.6 is 28.3 Å². The van der Waals surface area contributed by atoms with Gasteiger partial charge in [-0.05, 0) is 56.9 Å². The minimum absolute atomic E-state index is 0.120. The zero-order valence-electron chi connectivity index (χ0n) is 10.7. The summed E-state index contributed by atoms with van der Waals surface area (Å²) in [4.78, 5) is 0. The van der Waals surface area contributed by atoms with Gasteiger partial charge in [0.2, 0.25) is 0 Å². The van der Waals surface area contributed by atoms with E-state index in [1.54, 1.807) is 6.07 Å². The zero-order chi connectivity index (χ0) is 13.8. The van der Waals surface area contributed by atoms with E-state index >= 15 is 0 Å². The highest BCUT2D eigenvalue weighted by molar-refractivity contribution is 8.13. The Labute approximate surface area is 122 Å². The molecule has 0 spiro atoms. The Kier molecular flexibility index (Phi) is 2.87. The van der Waals surface area contributed by atoms with E-state index in [1.165, 1.54) is 16.7 Å². The number of halogens is 2. The predicted octanol–water partition coefficient (Wildman–Crippen LogP) is 5.29. The molecule has 0 aromatic heterocycles. The summed E-state index contributed by atoms with van der Waals surface area (Å²) in [6.07, 6.45) is 0. The van der Waals surface area contributed by atoms with E-state index in [4.69, 9.17) is 22.5 Å².